The Bertz CT molecular complexity index is 201. The zero-order valence-corrected chi connectivity index (χ0v) is 8.23. The molecular weight excluding hydrogens is 154 g/mol. The summed E-state index contributed by atoms with van der Waals surface area (Å²) in [6.07, 6.45) is 0.840. The van der Waals surface area contributed by atoms with Crippen LogP contribution in [0.4, 0.5) is 0 Å². The summed E-state index contributed by atoms with van der Waals surface area (Å²) in [6, 6.07) is 0. The molecule has 3 nitrogen and oxygen atoms in total. The van der Waals surface area contributed by atoms with Crippen molar-refractivity contribution in [2.75, 3.05) is 13.7 Å². The minimum atomic E-state index is -0.474. The summed E-state index contributed by atoms with van der Waals surface area (Å²) < 4.78 is 4.73. The Morgan fingerprint density at radius 1 is 1.42 bits per heavy atom. The maximum Gasteiger partial charge on any atom is 0.325 e. The van der Waals surface area contributed by atoms with E-state index in [4.69, 9.17) is 4.74 Å². The summed E-state index contributed by atoms with van der Waals surface area (Å²) in [5.41, 5.74) is -0.277. The van der Waals surface area contributed by atoms with Crippen molar-refractivity contribution in [1.82, 2.24) is 5.32 Å². The van der Waals surface area contributed by atoms with Gasteiger partial charge in [-0.1, -0.05) is 13.8 Å². The van der Waals surface area contributed by atoms with Crippen molar-refractivity contribution in [3.63, 3.8) is 0 Å². The third-order valence-corrected chi connectivity index (χ3v) is 2.43. The van der Waals surface area contributed by atoms with Gasteiger partial charge >= 0.3 is 5.97 Å². The first-order chi connectivity index (χ1) is 5.40. The van der Waals surface area contributed by atoms with Crippen molar-refractivity contribution in [3.8, 4) is 0 Å². The smallest absolute Gasteiger partial charge is 0.325 e. The molecule has 3 heteroatoms. The van der Waals surface area contributed by atoms with Crippen molar-refractivity contribution >= 4 is 5.97 Å². The lowest BCUT2D eigenvalue weighted by Gasteiger charge is -2.22. The SMILES string of the molecule is COC(=O)[C@]1(C)CC(C)(C)CN1. The molecule has 0 aromatic heterocycles. The zero-order valence-electron chi connectivity index (χ0n) is 8.23. The van der Waals surface area contributed by atoms with Crippen LogP contribution in [0, 0.1) is 5.41 Å². The molecule has 0 spiro atoms. The zero-order chi connectivity index (χ0) is 9.41. The fraction of sp³-hybridized carbons (Fsp3) is 0.889. The number of esters is 1. The number of ether oxygens (including phenoxy) is 1. The molecule has 1 N–H and O–H groups in total. The average Bonchev–Trinajstić information content (AvgIpc) is 2.25. The third-order valence-electron chi connectivity index (χ3n) is 2.43. The highest BCUT2D eigenvalue weighted by Gasteiger charge is 2.45. The van der Waals surface area contributed by atoms with Crippen LogP contribution >= 0.6 is 0 Å². The van der Waals surface area contributed by atoms with E-state index < -0.39 is 5.54 Å². The summed E-state index contributed by atoms with van der Waals surface area (Å²) in [4.78, 5) is 11.3. The lowest BCUT2D eigenvalue weighted by atomic mass is 9.85. The maximum atomic E-state index is 11.3. The van der Waals surface area contributed by atoms with Crippen LogP contribution in [0.2, 0.25) is 0 Å². The molecule has 0 aromatic rings. The lowest BCUT2D eigenvalue weighted by Crippen LogP contribution is -2.45. The molecule has 1 atom stereocenters. The second-order valence-corrected chi connectivity index (χ2v) is 4.52. The predicted molar refractivity (Wildman–Crippen MR) is 46.8 cm³/mol. The monoisotopic (exact) mass is 171 g/mol. The van der Waals surface area contributed by atoms with Gasteiger partial charge in [0.05, 0.1) is 7.11 Å². The standard InChI is InChI=1S/C9H17NO2/c1-8(2)5-9(3,10-6-8)7(11)12-4/h10H,5-6H2,1-4H3/t9-/m0/s1. The van der Waals surface area contributed by atoms with Gasteiger partial charge in [0.15, 0.2) is 0 Å². The van der Waals surface area contributed by atoms with Gasteiger partial charge in [-0.2, -0.15) is 0 Å². The fourth-order valence-corrected chi connectivity index (χ4v) is 1.89. The molecule has 0 amide bonds. The molecule has 0 aliphatic carbocycles. The molecule has 1 aliphatic heterocycles. The lowest BCUT2D eigenvalue weighted by molar-refractivity contribution is -0.147. The summed E-state index contributed by atoms with van der Waals surface area (Å²) in [6.45, 7) is 7.06. The maximum absolute atomic E-state index is 11.3. The normalized spacial score (nSPS) is 33.3. The molecule has 12 heavy (non-hydrogen) atoms. The van der Waals surface area contributed by atoms with E-state index in [1.807, 2.05) is 6.92 Å². The number of carbonyl (C=O) groups excluding carboxylic acids is 1. The van der Waals surface area contributed by atoms with Crippen LogP contribution in [0.3, 0.4) is 0 Å². The van der Waals surface area contributed by atoms with Gasteiger partial charge in [-0.05, 0) is 18.8 Å². The van der Waals surface area contributed by atoms with Gasteiger partial charge in [0, 0.05) is 6.54 Å². The van der Waals surface area contributed by atoms with Gasteiger partial charge in [0.2, 0.25) is 0 Å². The van der Waals surface area contributed by atoms with Crippen molar-refractivity contribution in [2.45, 2.75) is 32.7 Å². The molecule has 0 aromatic carbocycles. The van der Waals surface area contributed by atoms with E-state index in [-0.39, 0.29) is 11.4 Å². The molecule has 0 radical (unpaired) electrons. The molecule has 70 valence electrons. The number of hydrogen-bond acceptors (Lipinski definition) is 3. The number of rotatable bonds is 1. The van der Waals surface area contributed by atoms with E-state index in [0.717, 1.165) is 13.0 Å². The van der Waals surface area contributed by atoms with E-state index >= 15 is 0 Å². The summed E-state index contributed by atoms with van der Waals surface area (Å²) in [5.74, 6) is -0.159. The molecule has 1 aliphatic rings. The highest BCUT2D eigenvalue weighted by molar-refractivity contribution is 5.80. The Morgan fingerprint density at radius 3 is 2.33 bits per heavy atom. The van der Waals surface area contributed by atoms with Crippen LogP contribution in [-0.4, -0.2) is 25.2 Å². The Balaban J connectivity index is 2.71. The Morgan fingerprint density at radius 2 is 2.00 bits per heavy atom. The van der Waals surface area contributed by atoms with Crippen molar-refractivity contribution in [1.29, 1.82) is 0 Å². The predicted octanol–water partition coefficient (Wildman–Crippen LogP) is 0.938. The molecule has 1 saturated heterocycles. The van der Waals surface area contributed by atoms with Crippen molar-refractivity contribution < 1.29 is 9.53 Å². The minimum Gasteiger partial charge on any atom is -0.468 e. The van der Waals surface area contributed by atoms with Crippen LogP contribution in [0.5, 0.6) is 0 Å². The first-order valence-corrected chi connectivity index (χ1v) is 4.23. The quantitative estimate of drug-likeness (QED) is 0.597. The first-order valence-electron chi connectivity index (χ1n) is 4.23. The Hall–Kier alpha value is -0.570. The van der Waals surface area contributed by atoms with Crippen LogP contribution in [0.25, 0.3) is 0 Å². The molecule has 0 saturated carbocycles. The van der Waals surface area contributed by atoms with E-state index in [0.29, 0.717) is 0 Å². The number of carbonyl (C=O) groups is 1. The highest BCUT2D eigenvalue weighted by atomic mass is 16.5. The van der Waals surface area contributed by atoms with Crippen LogP contribution in [-0.2, 0) is 9.53 Å². The number of methoxy groups -OCH3 is 1. The second-order valence-electron chi connectivity index (χ2n) is 4.52. The van der Waals surface area contributed by atoms with Gasteiger partial charge in [0.25, 0.3) is 0 Å². The van der Waals surface area contributed by atoms with Crippen LogP contribution in [0.15, 0.2) is 0 Å². The Labute approximate surface area is 73.5 Å². The second kappa shape index (κ2) is 2.73. The van der Waals surface area contributed by atoms with E-state index in [1.165, 1.54) is 7.11 Å². The first kappa shape index (κ1) is 9.52. The van der Waals surface area contributed by atoms with Gasteiger partial charge < -0.3 is 10.1 Å². The van der Waals surface area contributed by atoms with E-state index in [2.05, 4.69) is 19.2 Å². The molecule has 1 heterocycles. The van der Waals surface area contributed by atoms with Gasteiger partial charge in [-0.15, -0.1) is 0 Å². The summed E-state index contributed by atoms with van der Waals surface area (Å²) in [7, 11) is 1.43. The third kappa shape index (κ3) is 1.61. The average molecular weight is 171 g/mol. The van der Waals surface area contributed by atoms with Crippen molar-refractivity contribution in [3.05, 3.63) is 0 Å². The van der Waals surface area contributed by atoms with Crippen LogP contribution in [0.1, 0.15) is 27.2 Å². The van der Waals surface area contributed by atoms with Crippen molar-refractivity contribution in [2.24, 2.45) is 5.41 Å². The summed E-state index contributed by atoms with van der Waals surface area (Å²) >= 11 is 0. The summed E-state index contributed by atoms with van der Waals surface area (Å²) in [5, 5.41) is 3.20. The number of hydrogen-bond donors (Lipinski definition) is 1. The molecule has 0 bridgehead atoms. The van der Waals surface area contributed by atoms with Gasteiger partial charge in [-0.3, -0.25) is 4.79 Å². The van der Waals surface area contributed by atoms with Gasteiger partial charge in [0.1, 0.15) is 5.54 Å². The van der Waals surface area contributed by atoms with Crippen LogP contribution < -0.4 is 5.32 Å². The number of nitrogens with one attached hydrogen (secondary N) is 1. The highest BCUT2D eigenvalue weighted by Crippen LogP contribution is 2.34. The molecule has 1 rings (SSSR count). The minimum absolute atomic E-state index is 0.159. The van der Waals surface area contributed by atoms with Gasteiger partial charge in [-0.25, -0.2) is 0 Å². The fourth-order valence-electron chi connectivity index (χ4n) is 1.89. The molecule has 0 unspecified atom stereocenters. The Kier molecular flexibility index (Phi) is 2.17. The topological polar surface area (TPSA) is 38.3 Å². The molecule has 1 fully saturated rings. The van der Waals surface area contributed by atoms with E-state index in [1.54, 1.807) is 0 Å². The largest absolute Gasteiger partial charge is 0.468 e. The molecular formula is C9H17NO2. The van der Waals surface area contributed by atoms with E-state index in [9.17, 15) is 4.79 Å².